The van der Waals surface area contributed by atoms with Gasteiger partial charge in [-0.3, -0.25) is 14.7 Å². The Morgan fingerprint density at radius 3 is 2.59 bits per heavy atom. The zero-order valence-corrected chi connectivity index (χ0v) is 18.3. The summed E-state index contributed by atoms with van der Waals surface area (Å²) in [6.45, 7) is 5.70. The molecule has 1 fully saturated rings. The molecule has 0 saturated carbocycles. The van der Waals surface area contributed by atoms with Crippen LogP contribution in [0.5, 0.6) is 5.75 Å². The standard InChI is InChI=1S/C21H21IN2O2S/c1-3-23-21-24(4-2)20(25)19(27-21)13-16-7-5-6-8-18(16)26-14-15-9-11-17(22)12-10-15/h5-13H,3-4,14H2,1-2H3/b19-13-,23-21?. The molecule has 0 radical (unpaired) electrons. The number of amides is 1. The number of likely N-dealkylation sites (N-methyl/N-ethyl adjacent to an activating group) is 1. The highest BCUT2D eigenvalue weighted by molar-refractivity contribution is 14.1. The number of benzene rings is 2. The van der Waals surface area contributed by atoms with Crippen LogP contribution in [-0.4, -0.2) is 29.1 Å². The number of rotatable bonds is 6. The number of halogens is 1. The summed E-state index contributed by atoms with van der Waals surface area (Å²) in [6.07, 6.45) is 1.90. The van der Waals surface area contributed by atoms with Crippen LogP contribution in [-0.2, 0) is 11.4 Å². The molecule has 1 saturated heterocycles. The Hall–Kier alpha value is -1.80. The summed E-state index contributed by atoms with van der Waals surface area (Å²) in [5.41, 5.74) is 2.01. The van der Waals surface area contributed by atoms with Gasteiger partial charge in [-0.05, 0) is 78.0 Å². The average molecular weight is 492 g/mol. The minimum Gasteiger partial charge on any atom is -0.488 e. The van der Waals surface area contributed by atoms with Gasteiger partial charge in [-0.25, -0.2) is 0 Å². The fraction of sp³-hybridized carbons (Fsp3) is 0.238. The SMILES string of the molecule is CCN=C1S/C(=C\c2ccccc2OCc2ccc(I)cc2)C(=O)N1CC. The van der Waals surface area contributed by atoms with Gasteiger partial charge in [0.15, 0.2) is 5.17 Å². The van der Waals surface area contributed by atoms with Gasteiger partial charge in [-0.15, -0.1) is 0 Å². The van der Waals surface area contributed by atoms with Crippen LogP contribution in [0.2, 0.25) is 0 Å². The summed E-state index contributed by atoms with van der Waals surface area (Å²) in [7, 11) is 0. The number of hydrogen-bond acceptors (Lipinski definition) is 4. The number of carbonyl (C=O) groups excluding carboxylic acids is 1. The minimum atomic E-state index is 0.00198. The molecule has 6 heteroatoms. The zero-order chi connectivity index (χ0) is 19.2. The lowest BCUT2D eigenvalue weighted by atomic mass is 10.1. The van der Waals surface area contributed by atoms with Gasteiger partial charge in [-0.2, -0.15) is 0 Å². The molecule has 3 rings (SSSR count). The van der Waals surface area contributed by atoms with E-state index >= 15 is 0 Å². The molecule has 1 heterocycles. The van der Waals surface area contributed by atoms with Gasteiger partial charge in [0, 0.05) is 22.2 Å². The normalized spacial score (nSPS) is 17.1. The Labute approximate surface area is 177 Å². The molecule has 1 aliphatic heterocycles. The fourth-order valence-corrected chi connectivity index (χ4v) is 4.11. The minimum absolute atomic E-state index is 0.00198. The quantitative estimate of drug-likeness (QED) is 0.412. The molecule has 2 aromatic carbocycles. The largest absolute Gasteiger partial charge is 0.488 e. The van der Waals surface area contributed by atoms with Crippen molar-refractivity contribution in [1.82, 2.24) is 4.90 Å². The van der Waals surface area contributed by atoms with Gasteiger partial charge in [0.25, 0.3) is 5.91 Å². The second-order valence-electron chi connectivity index (χ2n) is 5.87. The number of thioether (sulfide) groups is 1. The van der Waals surface area contributed by atoms with Crippen molar-refractivity contribution < 1.29 is 9.53 Å². The molecule has 0 bridgehead atoms. The molecular formula is C21H21IN2O2S. The zero-order valence-electron chi connectivity index (χ0n) is 15.3. The molecule has 0 unspecified atom stereocenters. The van der Waals surface area contributed by atoms with E-state index in [1.54, 1.807) is 4.90 Å². The highest BCUT2D eigenvalue weighted by atomic mass is 127. The van der Waals surface area contributed by atoms with Crippen LogP contribution in [0.3, 0.4) is 0 Å². The van der Waals surface area contributed by atoms with Gasteiger partial charge < -0.3 is 4.74 Å². The number of aliphatic imine (C=N–C) groups is 1. The first kappa shape index (κ1) is 19.9. The Kier molecular flexibility index (Phi) is 6.95. The first-order valence-electron chi connectivity index (χ1n) is 8.84. The van der Waals surface area contributed by atoms with Gasteiger partial charge in [-0.1, -0.05) is 30.3 Å². The summed E-state index contributed by atoms with van der Waals surface area (Å²) in [5, 5.41) is 0.772. The fourth-order valence-electron chi connectivity index (χ4n) is 2.65. The summed E-state index contributed by atoms with van der Waals surface area (Å²) in [5.74, 6) is 0.767. The van der Waals surface area contributed by atoms with Gasteiger partial charge in [0.05, 0.1) is 4.91 Å². The number of hydrogen-bond donors (Lipinski definition) is 0. The van der Waals surface area contributed by atoms with Crippen LogP contribution in [0.4, 0.5) is 0 Å². The van der Waals surface area contributed by atoms with E-state index in [2.05, 4.69) is 51.8 Å². The molecule has 0 aliphatic carbocycles. The topological polar surface area (TPSA) is 41.9 Å². The van der Waals surface area contributed by atoms with Gasteiger partial charge >= 0.3 is 0 Å². The molecule has 2 aromatic rings. The highest BCUT2D eigenvalue weighted by Crippen LogP contribution is 2.34. The number of amidine groups is 1. The van der Waals surface area contributed by atoms with Crippen molar-refractivity contribution in [2.45, 2.75) is 20.5 Å². The maximum atomic E-state index is 12.7. The molecule has 1 aliphatic rings. The molecule has 140 valence electrons. The van der Waals surface area contributed by atoms with Crippen LogP contribution in [0.25, 0.3) is 6.08 Å². The van der Waals surface area contributed by atoms with E-state index in [1.165, 1.54) is 15.3 Å². The smallest absolute Gasteiger partial charge is 0.266 e. The van der Waals surface area contributed by atoms with Crippen molar-refractivity contribution in [3.63, 3.8) is 0 Å². The van der Waals surface area contributed by atoms with Crippen molar-refractivity contribution in [3.8, 4) is 5.75 Å². The first-order valence-corrected chi connectivity index (χ1v) is 10.7. The molecule has 27 heavy (non-hydrogen) atoms. The molecule has 0 atom stereocenters. The molecule has 0 N–H and O–H groups in total. The van der Waals surface area contributed by atoms with E-state index in [-0.39, 0.29) is 5.91 Å². The van der Waals surface area contributed by atoms with Crippen LogP contribution < -0.4 is 4.74 Å². The number of ether oxygens (including phenoxy) is 1. The van der Waals surface area contributed by atoms with Gasteiger partial charge in [0.2, 0.25) is 0 Å². The Balaban J connectivity index is 1.81. The van der Waals surface area contributed by atoms with E-state index in [0.717, 1.165) is 22.0 Å². The summed E-state index contributed by atoms with van der Waals surface area (Å²) < 4.78 is 7.22. The van der Waals surface area contributed by atoms with Crippen molar-refractivity contribution in [3.05, 3.63) is 68.1 Å². The van der Waals surface area contributed by atoms with Crippen LogP contribution in [0.15, 0.2) is 58.4 Å². The average Bonchev–Trinajstić information content (AvgIpc) is 2.97. The molecule has 0 aromatic heterocycles. The Morgan fingerprint density at radius 1 is 1.15 bits per heavy atom. The second-order valence-corrected chi connectivity index (χ2v) is 8.12. The van der Waals surface area contributed by atoms with Crippen molar-refractivity contribution >= 4 is 51.5 Å². The molecule has 4 nitrogen and oxygen atoms in total. The Bertz CT molecular complexity index is 878. The first-order chi connectivity index (χ1) is 13.1. The maximum absolute atomic E-state index is 12.7. The lowest BCUT2D eigenvalue weighted by molar-refractivity contribution is -0.122. The van der Waals surface area contributed by atoms with Crippen LogP contribution in [0, 0.1) is 3.57 Å². The summed E-state index contributed by atoms with van der Waals surface area (Å²) in [4.78, 5) is 19.5. The van der Waals surface area contributed by atoms with Crippen LogP contribution in [0.1, 0.15) is 25.0 Å². The molecular weight excluding hydrogens is 471 g/mol. The number of nitrogens with zero attached hydrogens (tertiary/aromatic N) is 2. The van der Waals surface area contributed by atoms with Crippen molar-refractivity contribution in [1.29, 1.82) is 0 Å². The number of para-hydroxylation sites is 1. The molecule has 1 amide bonds. The summed E-state index contributed by atoms with van der Waals surface area (Å²) in [6, 6.07) is 16.0. The second kappa shape index (κ2) is 9.41. The molecule has 0 spiro atoms. The van der Waals surface area contributed by atoms with Crippen LogP contribution >= 0.6 is 34.4 Å². The Morgan fingerprint density at radius 2 is 1.89 bits per heavy atom. The third-order valence-electron chi connectivity index (χ3n) is 4.01. The van der Waals surface area contributed by atoms with E-state index in [9.17, 15) is 4.79 Å². The third kappa shape index (κ3) is 4.93. The predicted molar refractivity (Wildman–Crippen MR) is 121 cm³/mol. The lowest BCUT2D eigenvalue weighted by Crippen LogP contribution is -2.28. The van der Waals surface area contributed by atoms with Crippen molar-refractivity contribution in [2.75, 3.05) is 13.1 Å². The van der Waals surface area contributed by atoms with Crippen molar-refractivity contribution in [2.24, 2.45) is 4.99 Å². The lowest BCUT2D eigenvalue weighted by Gasteiger charge is -2.11. The monoisotopic (exact) mass is 492 g/mol. The maximum Gasteiger partial charge on any atom is 0.266 e. The summed E-state index contributed by atoms with van der Waals surface area (Å²) >= 11 is 3.71. The third-order valence-corrected chi connectivity index (χ3v) is 5.77. The van der Waals surface area contributed by atoms with E-state index < -0.39 is 0 Å². The van der Waals surface area contributed by atoms with Gasteiger partial charge in [0.1, 0.15) is 12.4 Å². The van der Waals surface area contributed by atoms with E-state index in [4.69, 9.17) is 4.74 Å². The van der Waals surface area contributed by atoms with E-state index in [1.807, 2.05) is 44.2 Å². The van der Waals surface area contributed by atoms with E-state index in [0.29, 0.717) is 24.6 Å². The number of carbonyl (C=O) groups is 1. The predicted octanol–water partition coefficient (Wildman–Crippen LogP) is 5.18. The highest BCUT2D eigenvalue weighted by Gasteiger charge is 2.31.